The molecule has 0 aromatic heterocycles. The van der Waals surface area contributed by atoms with E-state index in [1.54, 1.807) is 19.1 Å². The van der Waals surface area contributed by atoms with E-state index >= 15 is 0 Å². The first kappa shape index (κ1) is 16.3. The van der Waals surface area contributed by atoms with Gasteiger partial charge in [0.25, 0.3) is 0 Å². The largest absolute Gasteiger partial charge is 0.481 e. The molecule has 21 heavy (non-hydrogen) atoms. The summed E-state index contributed by atoms with van der Waals surface area (Å²) in [5.41, 5.74) is -0.996. The van der Waals surface area contributed by atoms with E-state index in [-0.39, 0.29) is 11.4 Å². The molecule has 0 spiro atoms. The van der Waals surface area contributed by atoms with Crippen LogP contribution in [0.2, 0.25) is 5.02 Å². The number of carboxylic acid groups (broad SMARTS) is 1. The smallest absolute Gasteiger partial charge is 0.310 e. The summed E-state index contributed by atoms with van der Waals surface area (Å²) in [4.78, 5) is 11.6. The van der Waals surface area contributed by atoms with Gasteiger partial charge in [0.05, 0.1) is 10.3 Å². The van der Waals surface area contributed by atoms with Crippen molar-refractivity contribution in [2.75, 3.05) is 13.1 Å². The van der Waals surface area contributed by atoms with E-state index in [1.165, 1.54) is 16.4 Å². The Bertz CT molecular complexity index is 646. The van der Waals surface area contributed by atoms with Crippen LogP contribution in [0.3, 0.4) is 0 Å². The van der Waals surface area contributed by atoms with Crippen molar-refractivity contribution in [3.63, 3.8) is 0 Å². The lowest BCUT2D eigenvalue weighted by Crippen LogP contribution is -2.49. The molecule has 0 radical (unpaired) electrons. The van der Waals surface area contributed by atoms with Crippen LogP contribution < -0.4 is 0 Å². The Labute approximate surface area is 129 Å². The third kappa shape index (κ3) is 3.07. The second-order valence-corrected chi connectivity index (χ2v) is 7.71. The van der Waals surface area contributed by atoms with Gasteiger partial charge in [0.2, 0.25) is 10.0 Å². The molecule has 7 heteroatoms. The minimum Gasteiger partial charge on any atom is -0.481 e. The van der Waals surface area contributed by atoms with Crippen LogP contribution in [0, 0.1) is 5.41 Å². The standard InChI is InChI=1S/C14H18ClNO4S/c1-2-14(13(17)18)7-4-8-16(10-14)21(19,20)12-6-3-5-11(15)9-12/h3,5-6,9H,2,4,7-8,10H2,1H3,(H,17,18). The molecular weight excluding hydrogens is 314 g/mol. The number of halogens is 1. The van der Waals surface area contributed by atoms with Crippen LogP contribution in [0.25, 0.3) is 0 Å². The summed E-state index contributed by atoms with van der Waals surface area (Å²) in [5.74, 6) is -0.934. The fraction of sp³-hybridized carbons (Fsp3) is 0.500. The van der Waals surface area contributed by atoms with E-state index in [9.17, 15) is 18.3 Å². The third-order valence-electron chi connectivity index (χ3n) is 4.11. The van der Waals surface area contributed by atoms with Crippen LogP contribution in [0.5, 0.6) is 0 Å². The maximum Gasteiger partial charge on any atom is 0.310 e. The highest BCUT2D eigenvalue weighted by Gasteiger charge is 2.44. The Morgan fingerprint density at radius 3 is 2.76 bits per heavy atom. The molecule has 1 unspecified atom stereocenters. The lowest BCUT2D eigenvalue weighted by molar-refractivity contribution is -0.151. The van der Waals surface area contributed by atoms with Crippen molar-refractivity contribution in [1.29, 1.82) is 0 Å². The van der Waals surface area contributed by atoms with Gasteiger partial charge in [-0.3, -0.25) is 4.79 Å². The van der Waals surface area contributed by atoms with Gasteiger partial charge in [-0.1, -0.05) is 24.6 Å². The number of hydrogen-bond donors (Lipinski definition) is 1. The van der Waals surface area contributed by atoms with E-state index in [4.69, 9.17) is 11.6 Å². The molecule has 5 nitrogen and oxygen atoms in total. The molecule has 1 atom stereocenters. The quantitative estimate of drug-likeness (QED) is 0.920. The van der Waals surface area contributed by atoms with Gasteiger partial charge in [0.1, 0.15) is 0 Å². The average molecular weight is 332 g/mol. The van der Waals surface area contributed by atoms with E-state index in [0.717, 1.165) is 0 Å². The molecule has 1 aromatic rings. The summed E-state index contributed by atoms with van der Waals surface area (Å²) in [7, 11) is -3.71. The number of nitrogens with zero attached hydrogens (tertiary/aromatic N) is 1. The molecule has 1 heterocycles. The minimum atomic E-state index is -3.71. The Kier molecular flexibility index (Phi) is 4.60. The first-order chi connectivity index (χ1) is 9.82. The van der Waals surface area contributed by atoms with E-state index < -0.39 is 21.4 Å². The lowest BCUT2D eigenvalue weighted by atomic mass is 9.78. The molecule has 1 aromatic carbocycles. The van der Waals surface area contributed by atoms with Gasteiger partial charge < -0.3 is 5.11 Å². The Balaban J connectivity index is 2.35. The maximum absolute atomic E-state index is 12.6. The van der Waals surface area contributed by atoms with Gasteiger partial charge in [0, 0.05) is 18.1 Å². The SMILES string of the molecule is CCC1(C(=O)O)CCCN(S(=O)(=O)c2cccc(Cl)c2)C1. The molecule has 0 bridgehead atoms. The van der Waals surface area contributed by atoms with Gasteiger partial charge in [-0.15, -0.1) is 0 Å². The first-order valence-electron chi connectivity index (χ1n) is 6.81. The molecule has 1 aliphatic heterocycles. The van der Waals surface area contributed by atoms with E-state index in [0.29, 0.717) is 30.8 Å². The molecule has 2 rings (SSSR count). The summed E-state index contributed by atoms with van der Waals surface area (Å²) >= 11 is 5.85. The lowest BCUT2D eigenvalue weighted by Gasteiger charge is -2.38. The monoisotopic (exact) mass is 331 g/mol. The number of hydrogen-bond acceptors (Lipinski definition) is 3. The second-order valence-electron chi connectivity index (χ2n) is 5.34. The Morgan fingerprint density at radius 2 is 2.19 bits per heavy atom. The molecule has 0 aliphatic carbocycles. The number of rotatable bonds is 4. The van der Waals surface area contributed by atoms with Crippen LogP contribution in [0.1, 0.15) is 26.2 Å². The Morgan fingerprint density at radius 1 is 1.48 bits per heavy atom. The van der Waals surface area contributed by atoms with Gasteiger partial charge in [-0.25, -0.2) is 8.42 Å². The molecular formula is C14H18ClNO4S. The molecule has 1 fully saturated rings. The highest BCUT2D eigenvalue weighted by atomic mass is 35.5. The first-order valence-corrected chi connectivity index (χ1v) is 8.63. The van der Waals surface area contributed by atoms with E-state index in [1.807, 2.05) is 0 Å². The summed E-state index contributed by atoms with van der Waals surface area (Å²) in [5, 5.41) is 9.79. The topological polar surface area (TPSA) is 74.7 Å². The summed E-state index contributed by atoms with van der Waals surface area (Å²) in [6.07, 6.45) is 1.45. The number of carbonyl (C=O) groups is 1. The van der Waals surface area contributed by atoms with Crippen LogP contribution in [-0.2, 0) is 14.8 Å². The number of carboxylic acids is 1. The van der Waals surface area contributed by atoms with Crippen LogP contribution in [0.15, 0.2) is 29.2 Å². The summed E-state index contributed by atoms with van der Waals surface area (Å²) in [6.45, 7) is 2.13. The van der Waals surface area contributed by atoms with Gasteiger partial charge >= 0.3 is 5.97 Å². The van der Waals surface area contributed by atoms with Crippen molar-refractivity contribution in [1.82, 2.24) is 4.31 Å². The predicted molar refractivity (Wildman–Crippen MR) is 79.8 cm³/mol. The Hall–Kier alpha value is -1.11. The van der Waals surface area contributed by atoms with Crippen LogP contribution in [0.4, 0.5) is 0 Å². The number of sulfonamides is 1. The molecule has 0 amide bonds. The average Bonchev–Trinajstić information content (AvgIpc) is 2.47. The normalized spacial score (nSPS) is 23.9. The fourth-order valence-corrected chi connectivity index (χ4v) is 4.55. The van der Waals surface area contributed by atoms with Gasteiger partial charge in [0.15, 0.2) is 0 Å². The zero-order valence-corrected chi connectivity index (χ0v) is 13.3. The van der Waals surface area contributed by atoms with E-state index in [2.05, 4.69) is 0 Å². The molecule has 0 saturated carbocycles. The van der Waals surface area contributed by atoms with Gasteiger partial charge in [-0.05, 0) is 37.5 Å². The number of piperidine rings is 1. The number of benzene rings is 1. The van der Waals surface area contributed by atoms with Crippen LogP contribution in [-0.4, -0.2) is 36.9 Å². The summed E-state index contributed by atoms with van der Waals surface area (Å²) < 4.78 is 26.5. The fourth-order valence-electron chi connectivity index (χ4n) is 2.69. The van der Waals surface area contributed by atoms with Crippen molar-refractivity contribution in [2.45, 2.75) is 31.1 Å². The molecule has 1 aliphatic rings. The van der Waals surface area contributed by atoms with Crippen molar-refractivity contribution in [3.8, 4) is 0 Å². The summed E-state index contributed by atoms with van der Waals surface area (Å²) in [6, 6.07) is 6.04. The van der Waals surface area contributed by atoms with Crippen molar-refractivity contribution >= 4 is 27.6 Å². The molecule has 1 N–H and O–H groups in total. The minimum absolute atomic E-state index is 0.00762. The number of aliphatic carboxylic acids is 1. The van der Waals surface area contributed by atoms with Gasteiger partial charge in [-0.2, -0.15) is 4.31 Å². The van der Waals surface area contributed by atoms with Crippen molar-refractivity contribution < 1.29 is 18.3 Å². The highest BCUT2D eigenvalue weighted by molar-refractivity contribution is 7.89. The zero-order chi connectivity index (χ0) is 15.7. The highest BCUT2D eigenvalue weighted by Crippen LogP contribution is 2.36. The predicted octanol–water partition coefficient (Wildman–Crippen LogP) is 2.61. The van der Waals surface area contributed by atoms with Crippen molar-refractivity contribution in [2.24, 2.45) is 5.41 Å². The maximum atomic E-state index is 12.6. The third-order valence-corrected chi connectivity index (χ3v) is 6.18. The molecule has 1 saturated heterocycles. The van der Waals surface area contributed by atoms with Crippen molar-refractivity contribution in [3.05, 3.63) is 29.3 Å². The van der Waals surface area contributed by atoms with Crippen LogP contribution >= 0.6 is 11.6 Å². The second kappa shape index (κ2) is 5.94. The molecule has 116 valence electrons. The zero-order valence-electron chi connectivity index (χ0n) is 11.8.